The molecule has 0 bridgehead atoms. The van der Waals surface area contributed by atoms with E-state index in [0.717, 1.165) is 7.11 Å². The minimum Gasteiger partial charge on any atom is -0.464 e. The van der Waals surface area contributed by atoms with Crippen molar-refractivity contribution in [3.8, 4) is 0 Å². The Labute approximate surface area is 87.1 Å². The molecule has 0 saturated carbocycles. The number of hydrogen-bond acceptors (Lipinski definition) is 3. The van der Waals surface area contributed by atoms with Crippen LogP contribution in [0.15, 0.2) is 6.07 Å². The fourth-order valence-corrected chi connectivity index (χ4v) is 0.798. The molecule has 15 heavy (non-hydrogen) atoms. The third kappa shape index (κ3) is 3.27. The zero-order valence-electron chi connectivity index (χ0n) is 9.10. The van der Waals surface area contributed by atoms with E-state index in [1.54, 1.807) is 0 Å². The molecule has 0 unspecified atom stereocenters. The quantitative estimate of drug-likeness (QED) is 0.678. The number of halogens is 2. The summed E-state index contributed by atoms with van der Waals surface area (Å²) in [5.41, 5.74) is -0.539. The highest BCUT2D eigenvalue weighted by Crippen LogP contribution is 2.10. The van der Waals surface area contributed by atoms with Crippen molar-refractivity contribution >= 4 is 5.97 Å². The van der Waals surface area contributed by atoms with E-state index in [-0.39, 0.29) is 5.69 Å². The number of esters is 1. The fraction of sp³-hybridized carbons (Fsp3) is 0.400. The Hall–Kier alpha value is -1.52. The molecule has 0 saturated heterocycles. The number of aromatic nitrogens is 1. The van der Waals surface area contributed by atoms with Gasteiger partial charge in [-0.1, -0.05) is 13.8 Å². The second kappa shape index (κ2) is 6.06. The second-order valence-electron chi connectivity index (χ2n) is 2.38. The first-order valence-electron chi connectivity index (χ1n) is 4.47. The van der Waals surface area contributed by atoms with Gasteiger partial charge < -0.3 is 4.74 Å². The van der Waals surface area contributed by atoms with E-state index in [4.69, 9.17) is 0 Å². The Morgan fingerprint density at radius 1 is 1.33 bits per heavy atom. The maximum Gasteiger partial charge on any atom is 0.359 e. The molecule has 1 rings (SSSR count). The molecule has 0 fully saturated rings. The molecule has 0 aliphatic carbocycles. The monoisotopic (exact) mass is 217 g/mol. The number of carbonyl (C=O) groups excluding carboxylic acids is 1. The van der Waals surface area contributed by atoms with Crippen LogP contribution in [0, 0.1) is 18.6 Å². The van der Waals surface area contributed by atoms with E-state index in [9.17, 15) is 13.6 Å². The number of rotatable bonds is 1. The van der Waals surface area contributed by atoms with Gasteiger partial charge in [0.15, 0.2) is 11.5 Å². The summed E-state index contributed by atoms with van der Waals surface area (Å²) >= 11 is 0. The molecule has 0 atom stereocenters. The van der Waals surface area contributed by atoms with Gasteiger partial charge in [-0.3, -0.25) is 0 Å². The first kappa shape index (κ1) is 13.5. The van der Waals surface area contributed by atoms with Crippen molar-refractivity contribution in [1.82, 2.24) is 4.98 Å². The summed E-state index contributed by atoms with van der Waals surface area (Å²) in [6, 6.07) is 0.606. The van der Waals surface area contributed by atoms with Crippen molar-refractivity contribution in [2.45, 2.75) is 20.8 Å². The van der Waals surface area contributed by atoms with E-state index in [0.29, 0.717) is 6.07 Å². The van der Waals surface area contributed by atoms with Gasteiger partial charge in [-0.25, -0.2) is 18.6 Å². The lowest BCUT2D eigenvalue weighted by atomic mass is 10.3. The highest BCUT2D eigenvalue weighted by molar-refractivity contribution is 5.87. The van der Waals surface area contributed by atoms with Crippen molar-refractivity contribution in [2.75, 3.05) is 7.11 Å². The maximum atomic E-state index is 12.9. The van der Waals surface area contributed by atoms with Gasteiger partial charge in [0.25, 0.3) is 0 Å². The number of pyridine rings is 1. The highest BCUT2D eigenvalue weighted by Gasteiger charge is 2.16. The molecule has 1 aromatic heterocycles. The summed E-state index contributed by atoms with van der Waals surface area (Å²) in [7, 11) is 1.10. The topological polar surface area (TPSA) is 39.2 Å². The first-order valence-corrected chi connectivity index (χ1v) is 4.47. The largest absolute Gasteiger partial charge is 0.464 e. The van der Waals surface area contributed by atoms with E-state index in [1.807, 2.05) is 13.8 Å². The predicted molar refractivity (Wildman–Crippen MR) is 51.6 cm³/mol. The van der Waals surface area contributed by atoms with E-state index in [2.05, 4.69) is 9.72 Å². The van der Waals surface area contributed by atoms with Crippen LogP contribution in [0.1, 0.15) is 30.0 Å². The molecule has 0 aliphatic heterocycles. The van der Waals surface area contributed by atoms with Crippen molar-refractivity contribution in [3.63, 3.8) is 0 Å². The average molecular weight is 217 g/mol. The summed E-state index contributed by atoms with van der Waals surface area (Å²) in [6.07, 6.45) is 0. The zero-order chi connectivity index (χ0) is 12.0. The van der Waals surface area contributed by atoms with Crippen LogP contribution in [-0.4, -0.2) is 18.1 Å². The normalized spacial score (nSPS) is 8.93. The minimum absolute atomic E-state index is 0.0400. The molecular formula is C10H13F2NO2. The third-order valence-electron chi connectivity index (χ3n) is 1.48. The van der Waals surface area contributed by atoms with Crippen molar-refractivity contribution in [2.24, 2.45) is 0 Å². The van der Waals surface area contributed by atoms with Crippen molar-refractivity contribution in [3.05, 3.63) is 29.1 Å². The lowest BCUT2D eigenvalue weighted by molar-refractivity contribution is 0.0587. The summed E-state index contributed by atoms with van der Waals surface area (Å²) < 4.78 is 29.8. The molecule has 0 aromatic carbocycles. The van der Waals surface area contributed by atoms with Crippen LogP contribution in [0.4, 0.5) is 8.78 Å². The predicted octanol–water partition coefficient (Wildman–Crippen LogP) is 2.48. The minimum atomic E-state index is -1.02. The van der Waals surface area contributed by atoms with Gasteiger partial charge in [-0.05, 0) is 6.92 Å². The number of methoxy groups -OCH3 is 1. The lowest BCUT2D eigenvalue weighted by Gasteiger charge is -2.01. The molecule has 0 aliphatic rings. The van der Waals surface area contributed by atoms with Gasteiger partial charge in [-0.15, -0.1) is 0 Å². The van der Waals surface area contributed by atoms with Gasteiger partial charge >= 0.3 is 5.97 Å². The fourth-order valence-electron chi connectivity index (χ4n) is 0.798. The molecule has 5 heteroatoms. The molecule has 0 N–H and O–H groups in total. The van der Waals surface area contributed by atoms with Crippen LogP contribution in [0.3, 0.4) is 0 Å². The Morgan fingerprint density at radius 2 is 1.87 bits per heavy atom. The molecular weight excluding hydrogens is 204 g/mol. The third-order valence-corrected chi connectivity index (χ3v) is 1.48. The van der Waals surface area contributed by atoms with Crippen LogP contribution < -0.4 is 0 Å². The second-order valence-corrected chi connectivity index (χ2v) is 2.38. The molecule has 3 nitrogen and oxygen atoms in total. The number of hydrogen-bond donors (Lipinski definition) is 0. The Kier molecular flexibility index (Phi) is 5.44. The molecule has 0 radical (unpaired) electrons. The summed E-state index contributed by atoms with van der Waals surface area (Å²) in [6.45, 7) is 5.33. The average Bonchev–Trinajstić information content (AvgIpc) is 2.25. The smallest absolute Gasteiger partial charge is 0.359 e. The first-order chi connectivity index (χ1) is 7.06. The van der Waals surface area contributed by atoms with Gasteiger partial charge in [0.05, 0.1) is 12.8 Å². The number of carbonyl (C=O) groups is 1. The highest BCUT2D eigenvalue weighted by atomic mass is 19.1. The van der Waals surface area contributed by atoms with Crippen LogP contribution in [0.25, 0.3) is 0 Å². The SMILES string of the molecule is CC.COC(=O)c1nc(C)c(F)cc1F. The van der Waals surface area contributed by atoms with Gasteiger partial charge in [0.2, 0.25) is 0 Å². The van der Waals surface area contributed by atoms with Crippen LogP contribution in [0.2, 0.25) is 0 Å². The van der Waals surface area contributed by atoms with E-state index < -0.39 is 23.3 Å². The number of ether oxygens (including phenoxy) is 1. The molecule has 1 heterocycles. The summed E-state index contributed by atoms with van der Waals surface area (Å²) in [4.78, 5) is 14.3. The van der Waals surface area contributed by atoms with Crippen LogP contribution in [0.5, 0.6) is 0 Å². The zero-order valence-corrected chi connectivity index (χ0v) is 9.10. The lowest BCUT2D eigenvalue weighted by Crippen LogP contribution is -2.09. The number of nitrogens with zero attached hydrogens (tertiary/aromatic N) is 1. The maximum absolute atomic E-state index is 12.9. The van der Waals surface area contributed by atoms with Crippen molar-refractivity contribution in [1.29, 1.82) is 0 Å². The molecule has 0 amide bonds. The van der Waals surface area contributed by atoms with Gasteiger partial charge in [-0.2, -0.15) is 0 Å². The van der Waals surface area contributed by atoms with E-state index in [1.165, 1.54) is 6.92 Å². The molecule has 1 aromatic rings. The molecule has 0 spiro atoms. The summed E-state index contributed by atoms with van der Waals surface area (Å²) in [5, 5.41) is 0. The summed E-state index contributed by atoms with van der Waals surface area (Å²) in [5.74, 6) is -2.72. The van der Waals surface area contributed by atoms with Crippen LogP contribution >= 0.6 is 0 Å². The van der Waals surface area contributed by atoms with Gasteiger partial charge in [0.1, 0.15) is 5.82 Å². The van der Waals surface area contributed by atoms with Crippen LogP contribution in [-0.2, 0) is 4.74 Å². The number of aryl methyl sites for hydroxylation is 1. The Balaban J connectivity index is 0.000000921. The Morgan fingerprint density at radius 3 is 2.33 bits per heavy atom. The Bertz CT molecular complexity index is 354. The standard InChI is InChI=1S/C8H7F2NO2.C2H6/c1-4-5(9)3-6(10)7(11-4)8(12)13-2;1-2/h3H,1-2H3;1-2H3. The van der Waals surface area contributed by atoms with Crippen molar-refractivity contribution < 1.29 is 18.3 Å². The molecule has 84 valence electrons. The van der Waals surface area contributed by atoms with Gasteiger partial charge in [0, 0.05) is 6.07 Å². The van der Waals surface area contributed by atoms with E-state index >= 15 is 0 Å².